The highest BCUT2D eigenvalue weighted by Crippen LogP contribution is 2.35. The summed E-state index contributed by atoms with van der Waals surface area (Å²) in [4.78, 5) is 14.3. The lowest BCUT2D eigenvalue weighted by Crippen LogP contribution is -2.57. The van der Waals surface area contributed by atoms with Gasteiger partial charge in [0.2, 0.25) is 5.91 Å². The number of amides is 1. The minimum absolute atomic E-state index is 0.117. The molecule has 0 aromatic rings. The summed E-state index contributed by atoms with van der Waals surface area (Å²) in [5.74, 6) is -0.206. The van der Waals surface area contributed by atoms with Gasteiger partial charge in [0.05, 0.1) is 17.2 Å². The number of rotatable bonds is 4. The van der Waals surface area contributed by atoms with Crippen LogP contribution in [0.5, 0.6) is 0 Å². The first kappa shape index (κ1) is 15.7. The maximum absolute atomic E-state index is 11.9. The Morgan fingerprint density at radius 2 is 2.20 bits per heavy atom. The van der Waals surface area contributed by atoms with Crippen LogP contribution >= 0.6 is 0 Å². The van der Waals surface area contributed by atoms with Crippen molar-refractivity contribution in [1.29, 1.82) is 0 Å². The quantitative estimate of drug-likeness (QED) is 0.803. The first-order valence-electron chi connectivity index (χ1n) is 7.75. The van der Waals surface area contributed by atoms with Crippen molar-refractivity contribution < 1.29 is 9.53 Å². The number of nitrogens with two attached hydrogens (primary N) is 1. The molecule has 2 aliphatic rings. The second kappa shape index (κ2) is 5.62. The smallest absolute Gasteiger partial charge is 0.237 e. The Bertz CT molecular complexity index is 372. The average Bonchev–Trinajstić information content (AvgIpc) is 2.72. The number of likely N-dealkylation sites (N-methyl/N-ethyl adjacent to an activating group) is 1. The summed E-state index contributed by atoms with van der Waals surface area (Å²) in [5, 5.41) is 3.33. The zero-order chi connectivity index (χ0) is 15.0. The van der Waals surface area contributed by atoms with Gasteiger partial charge in [0.25, 0.3) is 0 Å². The van der Waals surface area contributed by atoms with Gasteiger partial charge in [0, 0.05) is 19.1 Å². The molecule has 2 rings (SSSR count). The number of primary amides is 1. The maximum atomic E-state index is 11.9. The van der Waals surface area contributed by atoms with E-state index < -0.39 is 5.54 Å². The van der Waals surface area contributed by atoms with Crippen molar-refractivity contribution in [2.45, 2.75) is 70.2 Å². The standard InChI is InChI=1S/C15H29N3O2/c1-5-17-15(13(16)19)7-6-12(8-15)18-9-11(2)20-14(3,4)10-18/h11-12,17H,5-10H2,1-4H3,(H2,16,19). The van der Waals surface area contributed by atoms with Crippen LogP contribution in [-0.2, 0) is 9.53 Å². The molecule has 3 unspecified atom stereocenters. The fourth-order valence-electron chi connectivity index (χ4n) is 3.92. The zero-order valence-electron chi connectivity index (χ0n) is 13.2. The summed E-state index contributed by atoms with van der Waals surface area (Å²) in [6.07, 6.45) is 2.92. The van der Waals surface area contributed by atoms with Crippen LogP contribution in [0.15, 0.2) is 0 Å². The zero-order valence-corrected chi connectivity index (χ0v) is 13.2. The Morgan fingerprint density at radius 3 is 2.75 bits per heavy atom. The van der Waals surface area contributed by atoms with Crippen LogP contribution in [0.3, 0.4) is 0 Å². The van der Waals surface area contributed by atoms with Gasteiger partial charge < -0.3 is 15.8 Å². The molecule has 1 aliphatic carbocycles. The van der Waals surface area contributed by atoms with E-state index in [0.717, 1.165) is 38.9 Å². The predicted molar refractivity (Wildman–Crippen MR) is 79.4 cm³/mol. The number of ether oxygens (including phenoxy) is 1. The number of carbonyl (C=O) groups excluding carboxylic acids is 1. The Morgan fingerprint density at radius 1 is 1.50 bits per heavy atom. The Balaban J connectivity index is 2.06. The van der Waals surface area contributed by atoms with Crippen molar-refractivity contribution in [3.05, 3.63) is 0 Å². The molecule has 3 atom stereocenters. The van der Waals surface area contributed by atoms with Crippen LogP contribution in [0.1, 0.15) is 47.0 Å². The van der Waals surface area contributed by atoms with E-state index in [-0.39, 0.29) is 17.6 Å². The SMILES string of the molecule is CCNC1(C(N)=O)CCC(N2CC(C)OC(C)(C)C2)C1. The maximum Gasteiger partial charge on any atom is 0.237 e. The van der Waals surface area contributed by atoms with E-state index in [2.05, 4.69) is 31.0 Å². The lowest BCUT2D eigenvalue weighted by atomic mass is 9.95. The van der Waals surface area contributed by atoms with Crippen LogP contribution in [0.2, 0.25) is 0 Å². The van der Waals surface area contributed by atoms with E-state index in [9.17, 15) is 4.79 Å². The van der Waals surface area contributed by atoms with Crippen molar-refractivity contribution in [2.24, 2.45) is 5.73 Å². The van der Waals surface area contributed by atoms with Gasteiger partial charge in [-0.05, 0) is 46.6 Å². The van der Waals surface area contributed by atoms with Gasteiger partial charge in [-0.25, -0.2) is 0 Å². The highest BCUT2D eigenvalue weighted by Gasteiger charge is 2.46. The molecular weight excluding hydrogens is 254 g/mol. The van der Waals surface area contributed by atoms with Gasteiger partial charge in [0.15, 0.2) is 0 Å². The minimum atomic E-state index is -0.509. The summed E-state index contributed by atoms with van der Waals surface area (Å²) in [6, 6.07) is 0.423. The van der Waals surface area contributed by atoms with Crippen molar-refractivity contribution in [3.8, 4) is 0 Å². The average molecular weight is 283 g/mol. The number of carbonyl (C=O) groups is 1. The van der Waals surface area contributed by atoms with Gasteiger partial charge in [-0.3, -0.25) is 9.69 Å². The lowest BCUT2D eigenvalue weighted by Gasteiger charge is -2.44. The molecule has 116 valence electrons. The second-order valence-electron chi connectivity index (χ2n) is 6.99. The lowest BCUT2D eigenvalue weighted by molar-refractivity contribution is -0.138. The van der Waals surface area contributed by atoms with Crippen LogP contribution in [0, 0.1) is 0 Å². The van der Waals surface area contributed by atoms with E-state index in [1.54, 1.807) is 0 Å². The van der Waals surface area contributed by atoms with E-state index in [0.29, 0.717) is 6.04 Å². The molecule has 1 aliphatic heterocycles. The first-order valence-corrected chi connectivity index (χ1v) is 7.75. The number of nitrogens with zero attached hydrogens (tertiary/aromatic N) is 1. The van der Waals surface area contributed by atoms with E-state index in [4.69, 9.17) is 10.5 Å². The fraction of sp³-hybridized carbons (Fsp3) is 0.933. The molecular formula is C15H29N3O2. The number of morpholine rings is 1. The molecule has 1 saturated heterocycles. The largest absolute Gasteiger partial charge is 0.370 e. The third-order valence-electron chi connectivity index (χ3n) is 4.59. The summed E-state index contributed by atoms with van der Waals surface area (Å²) in [5.41, 5.74) is 5.02. The second-order valence-corrected chi connectivity index (χ2v) is 6.99. The fourth-order valence-corrected chi connectivity index (χ4v) is 3.92. The first-order chi connectivity index (χ1) is 9.28. The molecule has 5 nitrogen and oxygen atoms in total. The molecule has 2 fully saturated rings. The van der Waals surface area contributed by atoms with Crippen molar-refractivity contribution >= 4 is 5.91 Å². The number of hydrogen-bond acceptors (Lipinski definition) is 4. The Hall–Kier alpha value is -0.650. The van der Waals surface area contributed by atoms with Gasteiger partial charge in [-0.15, -0.1) is 0 Å². The van der Waals surface area contributed by atoms with E-state index >= 15 is 0 Å². The van der Waals surface area contributed by atoms with E-state index in [1.165, 1.54) is 0 Å². The molecule has 0 bridgehead atoms. The third kappa shape index (κ3) is 3.15. The molecule has 0 radical (unpaired) electrons. The van der Waals surface area contributed by atoms with Gasteiger partial charge >= 0.3 is 0 Å². The highest BCUT2D eigenvalue weighted by molar-refractivity contribution is 5.85. The predicted octanol–water partition coefficient (Wildman–Crippen LogP) is 0.872. The number of nitrogens with one attached hydrogen (secondary N) is 1. The summed E-state index contributed by atoms with van der Waals surface area (Å²) >= 11 is 0. The van der Waals surface area contributed by atoms with Crippen molar-refractivity contribution in [1.82, 2.24) is 10.2 Å². The van der Waals surface area contributed by atoms with Gasteiger partial charge in [0.1, 0.15) is 0 Å². The van der Waals surface area contributed by atoms with Gasteiger partial charge in [-0.2, -0.15) is 0 Å². The Kier molecular flexibility index (Phi) is 4.42. The summed E-state index contributed by atoms with van der Waals surface area (Å²) in [6.45, 7) is 11.1. The molecule has 0 aromatic carbocycles. The molecule has 20 heavy (non-hydrogen) atoms. The van der Waals surface area contributed by atoms with Crippen molar-refractivity contribution in [3.63, 3.8) is 0 Å². The molecule has 1 amide bonds. The molecule has 0 spiro atoms. The minimum Gasteiger partial charge on any atom is -0.370 e. The molecule has 5 heteroatoms. The summed E-state index contributed by atoms with van der Waals surface area (Å²) < 4.78 is 5.96. The van der Waals surface area contributed by atoms with Crippen LogP contribution in [0.25, 0.3) is 0 Å². The Labute approximate surface area is 122 Å². The molecule has 3 N–H and O–H groups in total. The highest BCUT2D eigenvalue weighted by atomic mass is 16.5. The van der Waals surface area contributed by atoms with Gasteiger partial charge in [-0.1, -0.05) is 6.92 Å². The van der Waals surface area contributed by atoms with Crippen LogP contribution < -0.4 is 11.1 Å². The van der Waals surface area contributed by atoms with Crippen LogP contribution in [0.4, 0.5) is 0 Å². The topological polar surface area (TPSA) is 67.6 Å². The molecule has 1 heterocycles. The van der Waals surface area contributed by atoms with E-state index in [1.807, 2.05) is 6.92 Å². The molecule has 1 saturated carbocycles. The number of hydrogen-bond donors (Lipinski definition) is 2. The summed E-state index contributed by atoms with van der Waals surface area (Å²) in [7, 11) is 0. The van der Waals surface area contributed by atoms with Crippen molar-refractivity contribution in [2.75, 3.05) is 19.6 Å². The van der Waals surface area contributed by atoms with Crippen LogP contribution in [-0.4, -0.2) is 53.7 Å². The third-order valence-corrected chi connectivity index (χ3v) is 4.59. The monoisotopic (exact) mass is 283 g/mol. The molecule has 0 aromatic heterocycles. The normalized spacial score (nSPS) is 38.0.